The Hall–Kier alpha value is -1.84. The van der Waals surface area contributed by atoms with Gasteiger partial charge in [0.05, 0.1) is 5.25 Å². The van der Waals surface area contributed by atoms with Gasteiger partial charge in [-0.05, 0) is 43.8 Å². The van der Waals surface area contributed by atoms with Gasteiger partial charge in [0.1, 0.15) is 5.69 Å². The lowest BCUT2D eigenvalue weighted by molar-refractivity contribution is -0.121. The van der Waals surface area contributed by atoms with Gasteiger partial charge in [-0.1, -0.05) is 28.8 Å². The van der Waals surface area contributed by atoms with Crippen molar-refractivity contribution in [3.8, 4) is 11.3 Å². The van der Waals surface area contributed by atoms with E-state index in [1.165, 1.54) is 11.5 Å². The van der Waals surface area contributed by atoms with Crippen LogP contribution in [0.4, 0.5) is 0 Å². The number of rotatable bonds is 10. The summed E-state index contributed by atoms with van der Waals surface area (Å²) >= 11 is 1.31. The van der Waals surface area contributed by atoms with Crippen LogP contribution in [-0.2, 0) is 21.4 Å². The van der Waals surface area contributed by atoms with E-state index in [0.717, 1.165) is 16.8 Å². The molecule has 26 heavy (non-hydrogen) atoms. The maximum atomic E-state index is 11.9. The monoisotopic (exact) mass is 396 g/mol. The summed E-state index contributed by atoms with van der Waals surface area (Å²) < 4.78 is 29.6. The Morgan fingerprint density at radius 1 is 1.19 bits per heavy atom. The molecule has 2 rings (SSSR count). The van der Waals surface area contributed by atoms with Crippen LogP contribution in [0.5, 0.6) is 0 Å². The van der Waals surface area contributed by atoms with Crippen LogP contribution in [0.1, 0.15) is 38.7 Å². The zero-order valence-corrected chi connectivity index (χ0v) is 16.6. The molecule has 0 atom stereocenters. The molecule has 0 aliphatic heterocycles. The fourth-order valence-corrected chi connectivity index (χ4v) is 3.39. The van der Waals surface area contributed by atoms with Crippen molar-refractivity contribution in [2.45, 2.75) is 44.9 Å². The third-order valence-electron chi connectivity index (χ3n) is 3.85. The maximum absolute atomic E-state index is 11.9. The molecule has 1 heterocycles. The molecule has 9 heteroatoms. The number of aromatic nitrogens is 2. The molecule has 0 fully saturated rings. The Bertz CT molecular complexity index is 788. The number of nitrogens with one attached hydrogen (secondary N) is 2. The number of hydrogen-bond donors (Lipinski definition) is 2. The van der Waals surface area contributed by atoms with Gasteiger partial charge in [-0.25, -0.2) is 13.1 Å². The summed E-state index contributed by atoms with van der Waals surface area (Å²) in [4.78, 5) is 11.9. The molecular formula is C17H24N4O3S2. The van der Waals surface area contributed by atoms with E-state index < -0.39 is 15.3 Å². The number of nitrogens with zero attached hydrogens (tertiary/aromatic N) is 2. The normalized spacial score (nSPS) is 11.7. The van der Waals surface area contributed by atoms with Crippen molar-refractivity contribution in [3.63, 3.8) is 0 Å². The van der Waals surface area contributed by atoms with Crippen molar-refractivity contribution < 1.29 is 13.2 Å². The molecule has 0 radical (unpaired) electrons. The number of carbonyl (C=O) groups is 1. The van der Waals surface area contributed by atoms with Crippen LogP contribution in [0.15, 0.2) is 29.6 Å². The highest BCUT2D eigenvalue weighted by atomic mass is 32.2. The minimum absolute atomic E-state index is 0.0375. The Labute approximate surface area is 158 Å². The van der Waals surface area contributed by atoms with E-state index in [4.69, 9.17) is 0 Å². The van der Waals surface area contributed by atoms with Gasteiger partial charge in [-0.3, -0.25) is 4.79 Å². The van der Waals surface area contributed by atoms with Crippen molar-refractivity contribution in [3.05, 3.63) is 35.2 Å². The predicted octanol–water partition coefficient (Wildman–Crippen LogP) is 2.32. The highest BCUT2D eigenvalue weighted by Crippen LogP contribution is 2.18. The summed E-state index contributed by atoms with van der Waals surface area (Å²) in [5.41, 5.74) is 2.85. The van der Waals surface area contributed by atoms with Crippen LogP contribution in [0.2, 0.25) is 0 Å². The molecule has 7 nitrogen and oxygen atoms in total. The Morgan fingerprint density at radius 2 is 1.92 bits per heavy atom. The summed E-state index contributed by atoms with van der Waals surface area (Å²) in [6, 6.07) is 7.82. The van der Waals surface area contributed by atoms with Crippen molar-refractivity contribution in [1.29, 1.82) is 0 Å². The lowest BCUT2D eigenvalue weighted by Crippen LogP contribution is -2.31. The summed E-state index contributed by atoms with van der Waals surface area (Å²) in [6.45, 7) is 4.10. The minimum atomic E-state index is -3.22. The van der Waals surface area contributed by atoms with E-state index in [1.54, 1.807) is 13.8 Å². The molecule has 1 aromatic heterocycles. The van der Waals surface area contributed by atoms with Gasteiger partial charge in [0.15, 0.2) is 0 Å². The minimum Gasteiger partial charge on any atom is -0.352 e. The average Bonchev–Trinajstić information content (AvgIpc) is 3.14. The number of carbonyl (C=O) groups excluding carboxylic acids is 1. The van der Waals surface area contributed by atoms with E-state index in [1.807, 2.05) is 29.6 Å². The number of unbranched alkanes of at least 4 members (excludes halogenated alkanes) is 1. The van der Waals surface area contributed by atoms with Crippen molar-refractivity contribution in [2.75, 3.05) is 6.54 Å². The molecule has 0 saturated carbocycles. The molecule has 1 aromatic carbocycles. The number of sulfonamides is 1. The molecule has 142 valence electrons. The quantitative estimate of drug-likeness (QED) is 0.600. The van der Waals surface area contributed by atoms with E-state index in [-0.39, 0.29) is 5.91 Å². The van der Waals surface area contributed by atoms with Gasteiger partial charge in [0, 0.05) is 30.5 Å². The molecule has 0 unspecified atom stereocenters. The first-order chi connectivity index (χ1) is 12.4. The second kappa shape index (κ2) is 9.75. The lowest BCUT2D eigenvalue weighted by atomic mass is 10.1. The molecule has 2 N–H and O–H groups in total. The first-order valence-electron chi connectivity index (χ1n) is 8.50. The van der Waals surface area contributed by atoms with Gasteiger partial charge in [0.2, 0.25) is 15.9 Å². The topological polar surface area (TPSA) is 101 Å². The first-order valence-corrected chi connectivity index (χ1v) is 10.9. The van der Waals surface area contributed by atoms with Crippen LogP contribution in [0, 0.1) is 0 Å². The number of hydrogen-bond acceptors (Lipinski definition) is 6. The van der Waals surface area contributed by atoms with Crippen LogP contribution >= 0.6 is 11.5 Å². The molecule has 0 bridgehead atoms. The van der Waals surface area contributed by atoms with Crippen molar-refractivity contribution >= 4 is 27.5 Å². The Kier molecular flexibility index (Phi) is 7.67. The van der Waals surface area contributed by atoms with E-state index in [9.17, 15) is 13.2 Å². The SMILES string of the molecule is CC(C)S(=O)(=O)NCCCCC(=O)NCc1ccc(-c2csnn2)cc1. The summed E-state index contributed by atoms with van der Waals surface area (Å²) in [6.07, 6.45) is 1.66. The second-order valence-corrected chi connectivity index (χ2v) is 9.14. The zero-order valence-electron chi connectivity index (χ0n) is 14.9. The largest absolute Gasteiger partial charge is 0.352 e. The molecule has 2 aromatic rings. The fraction of sp³-hybridized carbons (Fsp3) is 0.471. The van der Waals surface area contributed by atoms with E-state index in [0.29, 0.717) is 32.4 Å². The highest BCUT2D eigenvalue weighted by molar-refractivity contribution is 7.90. The van der Waals surface area contributed by atoms with Crippen LogP contribution in [-0.4, -0.2) is 35.7 Å². The first kappa shape index (κ1) is 20.5. The standard InChI is InChI=1S/C17H24N4O3S2/c1-13(2)26(23,24)19-10-4-3-5-17(22)18-11-14-6-8-15(9-7-14)16-12-25-21-20-16/h6-9,12-13,19H,3-5,10-11H2,1-2H3,(H,18,22). The summed E-state index contributed by atoms with van der Waals surface area (Å²) in [5.74, 6) is -0.0375. The molecule has 0 saturated heterocycles. The Morgan fingerprint density at radius 3 is 2.54 bits per heavy atom. The van der Waals surface area contributed by atoms with E-state index >= 15 is 0 Å². The highest BCUT2D eigenvalue weighted by Gasteiger charge is 2.14. The lowest BCUT2D eigenvalue weighted by Gasteiger charge is -2.09. The second-order valence-electron chi connectivity index (χ2n) is 6.21. The molecular weight excluding hydrogens is 372 g/mol. The van der Waals surface area contributed by atoms with Gasteiger partial charge < -0.3 is 5.32 Å². The molecule has 0 aliphatic carbocycles. The number of benzene rings is 1. The van der Waals surface area contributed by atoms with Crippen molar-refractivity contribution in [2.24, 2.45) is 0 Å². The molecule has 1 amide bonds. The molecule has 0 aliphatic rings. The van der Waals surface area contributed by atoms with Crippen LogP contribution in [0.3, 0.4) is 0 Å². The van der Waals surface area contributed by atoms with Gasteiger partial charge in [-0.15, -0.1) is 5.10 Å². The summed E-state index contributed by atoms with van der Waals surface area (Å²) in [7, 11) is -3.22. The van der Waals surface area contributed by atoms with Gasteiger partial charge >= 0.3 is 0 Å². The van der Waals surface area contributed by atoms with Crippen LogP contribution < -0.4 is 10.0 Å². The van der Waals surface area contributed by atoms with Crippen molar-refractivity contribution in [1.82, 2.24) is 19.6 Å². The predicted molar refractivity (Wildman–Crippen MR) is 103 cm³/mol. The maximum Gasteiger partial charge on any atom is 0.220 e. The summed E-state index contributed by atoms with van der Waals surface area (Å²) in [5, 5.41) is 8.34. The fourth-order valence-electron chi connectivity index (χ4n) is 2.16. The van der Waals surface area contributed by atoms with Gasteiger partial charge in [0.25, 0.3) is 0 Å². The smallest absolute Gasteiger partial charge is 0.220 e. The van der Waals surface area contributed by atoms with E-state index in [2.05, 4.69) is 19.6 Å². The number of amides is 1. The Balaban J connectivity index is 1.64. The third-order valence-corrected chi connectivity index (χ3v) is 6.21. The average molecular weight is 397 g/mol. The van der Waals surface area contributed by atoms with Crippen LogP contribution in [0.25, 0.3) is 11.3 Å². The molecule has 0 spiro atoms. The third kappa shape index (κ3) is 6.47. The zero-order chi connectivity index (χ0) is 19.0. The van der Waals surface area contributed by atoms with Gasteiger partial charge in [-0.2, -0.15) is 0 Å².